The SMILES string of the molecule is CC(=O)Nc1ccc(NC2CC(C#N)C2)cc1. The Morgan fingerprint density at radius 2 is 1.88 bits per heavy atom. The standard InChI is InChI=1S/C13H15N3O/c1-9(17)15-11-2-4-12(5-3-11)16-13-6-10(7-13)8-14/h2-5,10,13,16H,6-7H2,1H3,(H,15,17). The van der Waals surface area contributed by atoms with E-state index in [0.29, 0.717) is 6.04 Å². The fourth-order valence-corrected chi connectivity index (χ4v) is 1.93. The third-order valence-electron chi connectivity index (χ3n) is 2.90. The molecule has 1 aliphatic carbocycles. The second kappa shape index (κ2) is 4.88. The number of carbonyl (C=O) groups excluding carboxylic acids is 1. The molecule has 0 atom stereocenters. The molecule has 0 unspecified atom stereocenters. The van der Waals surface area contributed by atoms with Gasteiger partial charge >= 0.3 is 0 Å². The molecule has 1 saturated carbocycles. The van der Waals surface area contributed by atoms with Gasteiger partial charge in [-0.2, -0.15) is 5.26 Å². The van der Waals surface area contributed by atoms with Gasteiger partial charge in [0.15, 0.2) is 0 Å². The lowest BCUT2D eigenvalue weighted by atomic mass is 9.81. The zero-order valence-corrected chi connectivity index (χ0v) is 9.73. The molecule has 1 fully saturated rings. The van der Waals surface area contributed by atoms with E-state index in [1.807, 2.05) is 24.3 Å². The molecule has 4 heteroatoms. The van der Waals surface area contributed by atoms with E-state index in [-0.39, 0.29) is 11.8 Å². The zero-order valence-electron chi connectivity index (χ0n) is 9.73. The van der Waals surface area contributed by atoms with E-state index in [1.54, 1.807) is 0 Å². The molecule has 0 spiro atoms. The molecule has 17 heavy (non-hydrogen) atoms. The van der Waals surface area contributed by atoms with E-state index in [9.17, 15) is 4.79 Å². The molecule has 0 bridgehead atoms. The smallest absolute Gasteiger partial charge is 0.221 e. The highest BCUT2D eigenvalue weighted by Gasteiger charge is 2.28. The Labute approximate surface area is 101 Å². The number of rotatable bonds is 3. The van der Waals surface area contributed by atoms with Crippen LogP contribution in [0.4, 0.5) is 11.4 Å². The molecule has 1 amide bonds. The van der Waals surface area contributed by atoms with Crippen LogP contribution in [0.25, 0.3) is 0 Å². The van der Waals surface area contributed by atoms with Crippen LogP contribution >= 0.6 is 0 Å². The highest BCUT2D eigenvalue weighted by atomic mass is 16.1. The van der Waals surface area contributed by atoms with Crippen LogP contribution in [0.15, 0.2) is 24.3 Å². The summed E-state index contributed by atoms with van der Waals surface area (Å²) in [6.07, 6.45) is 1.84. The van der Waals surface area contributed by atoms with Gasteiger partial charge in [0.1, 0.15) is 0 Å². The molecule has 4 nitrogen and oxygen atoms in total. The van der Waals surface area contributed by atoms with Crippen LogP contribution < -0.4 is 10.6 Å². The number of amides is 1. The molecular weight excluding hydrogens is 214 g/mol. The van der Waals surface area contributed by atoms with Gasteiger partial charge in [-0.3, -0.25) is 4.79 Å². The van der Waals surface area contributed by atoms with Crippen molar-refractivity contribution in [2.45, 2.75) is 25.8 Å². The maximum atomic E-state index is 10.8. The van der Waals surface area contributed by atoms with Crippen molar-refractivity contribution in [3.05, 3.63) is 24.3 Å². The normalized spacial score (nSPS) is 22.1. The number of hydrogen-bond donors (Lipinski definition) is 2. The molecule has 0 radical (unpaired) electrons. The van der Waals surface area contributed by atoms with Gasteiger partial charge in [0.2, 0.25) is 5.91 Å². The number of carbonyl (C=O) groups is 1. The van der Waals surface area contributed by atoms with Gasteiger partial charge in [0.05, 0.1) is 12.0 Å². The average molecular weight is 229 g/mol. The van der Waals surface area contributed by atoms with Crippen LogP contribution in [0.1, 0.15) is 19.8 Å². The number of nitrogens with one attached hydrogen (secondary N) is 2. The molecule has 0 saturated heterocycles. The Morgan fingerprint density at radius 3 is 2.41 bits per heavy atom. The summed E-state index contributed by atoms with van der Waals surface area (Å²) in [5, 5.41) is 14.8. The topological polar surface area (TPSA) is 64.9 Å². The van der Waals surface area contributed by atoms with Gasteiger partial charge in [-0.25, -0.2) is 0 Å². The molecule has 1 aliphatic rings. The van der Waals surface area contributed by atoms with Crippen molar-refractivity contribution in [3.63, 3.8) is 0 Å². The Kier molecular flexibility index (Phi) is 3.29. The first kappa shape index (κ1) is 11.5. The second-order valence-electron chi connectivity index (χ2n) is 4.40. The molecule has 0 aromatic heterocycles. The second-order valence-corrected chi connectivity index (χ2v) is 4.40. The van der Waals surface area contributed by atoms with E-state index >= 15 is 0 Å². The Morgan fingerprint density at radius 1 is 1.29 bits per heavy atom. The zero-order chi connectivity index (χ0) is 12.3. The number of benzene rings is 1. The van der Waals surface area contributed by atoms with Crippen molar-refractivity contribution < 1.29 is 4.79 Å². The maximum absolute atomic E-state index is 10.8. The van der Waals surface area contributed by atoms with Gasteiger partial charge in [-0.15, -0.1) is 0 Å². The monoisotopic (exact) mass is 229 g/mol. The van der Waals surface area contributed by atoms with Gasteiger partial charge in [0, 0.05) is 24.3 Å². The molecule has 88 valence electrons. The summed E-state index contributed by atoms with van der Waals surface area (Å²) in [4.78, 5) is 10.8. The Hall–Kier alpha value is -2.02. The highest BCUT2D eigenvalue weighted by molar-refractivity contribution is 5.88. The molecule has 2 rings (SSSR count). The summed E-state index contributed by atoms with van der Waals surface area (Å²) in [5.41, 5.74) is 1.83. The summed E-state index contributed by atoms with van der Waals surface area (Å²) < 4.78 is 0. The number of nitriles is 1. The minimum absolute atomic E-state index is 0.0680. The van der Waals surface area contributed by atoms with Gasteiger partial charge in [-0.05, 0) is 37.1 Å². The first-order chi connectivity index (χ1) is 8.17. The highest BCUT2D eigenvalue weighted by Crippen LogP contribution is 2.29. The number of nitrogens with zero attached hydrogens (tertiary/aromatic N) is 1. The summed E-state index contributed by atoms with van der Waals surface area (Å²) >= 11 is 0. The molecular formula is C13H15N3O. The van der Waals surface area contributed by atoms with Crippen LogP contribution in [-0.2, 0) is 4.79 Å². The molecule has 0 aliphatic heterocycles. The average Bonchev–Trinajstić information content (AvgIpc) is 2.24. The third-order valence-corrected chi connectivity index (χ3v) is 2.90. The molecule has 1 aromatic rings. The van der Waals surface area contributed by atoms with E-state index in [0.717, 1.165) is 24.2 Å². The van der Waals surface area contributed by atoms with Crippen molar-refractivity contribution in [3.8, 4) is 6.07 Å². The minimum atomic E-state index is -0.0680. The first-order valence-corrected chi connectivity index (χ1v) is 5.71. The van der Waals surface area contributed by atoms with Crippen LogP contribution in [0.2, 0.25) is 0 Å². The molecule has 0 heterocycles. The van der Waals surface area contributed by atoms with Gasteiger partial charge < -0.3 is 10.6 Å². The van der Waals surface area contributed by atoms with Crippen molar-refractivity contribution in [1.82, 2.24) is 0 Å². The molecule has 1 aromatic carbocycles. The van der Waals surface area contributed by atoms with Crippen LogP contribution in [0.3, 0.4) is 0 Å². The van der Waals surface area contributed by atoms with E-state index in [1.165, 1.54) is 6.92 Å². The van der Waals surface area contributed by atoms with Crippen LogP contribution in [-0.4, -0.2) is 11.9 Å². The van der Waals surface area contributed by atoms with E-state index in [2.05, 4.69) is 16.7 Å². The largest absolute Gasteiger partial charge is 0.382 e. The third kappa shape index (κ3) is 2.97. The van der Waals surface area contributed by atoms with Crippen molar-refractivity contribution in [2.24, 2.45) is 5.92 Å². The Bertz CT molecular complexity index is 441. The molecule has 2 N–H and O–H groups in total. The number of anilines is 2. The van der Waals surface area contributed by atoms with Crippen LogP contribution in [0, 0.1) is 17.2 Å². The van der Waals surface area contributed by atoms with Gasteiger partial charge in [0.25, 0.3) is 0 Å². The number of hydrogen-bond acceptors (Lipinski definition) is 3. The predicted octanol–water partition coefficient (Wildman–Crippen LogP) is 2.36. The van der Waals surface area contributed by atoms with Crippen molar-refractivity contribution in [1.29, 1.82) is 5.26 Å². The van der Waals surface area contributed by atoms with E-state index in [4.69, 9.17) is 5.26 Å². The maximum Gasteiger partial charge on any atom is 0.221 e. The van der Waals surface area contributed by atoms with Crippen LogP contribution in [0.5, 0.6) is 0 Å². The lowest BCUT2D eigenvalue weighted by molar-refractivity contribution is -0.114. The minimum Gasteiger partial charge on any atom is -0.382 e. The lowest BCUT2D eigenvalue weighted by Crippen LogP contribution is -2.34. The summed E-state index contributed by atoms with van der Waals surface area (Å²) in [7, 11) is 0. The summed E-state index contributed by atoms with van der Waals surface area (Å²) in [6.45, 7) is 1.49. The first-order valence-electron chi connectivity index (χ1n) is 5.71. The summed E-state index contributed by atoms with van der Waals surface area (Å²) in [6, 6.07) is 10.3. The van der Waals surface area contributed by atoms with Crippen molar-refractivity contribution >= 4 is 17.3 Å². The Balaban J connectivity index is 1.87. The quantitative estimate of drug-likeness (QED) is 0.836. The lowest BCUT2D eigenvalue weighted by Gasteiger charge is -2.32. The van der Waals surface area contributed by atoms with Crippen molar-refractivity contribution in [2.75, 3.05) is 10.6 Å². The van der Waals surface area contributed by atoms with Gasteiger partial charge in [-0.1, -0.05) is 0 Å². The summed E-state index contributed by atoms with van der Waals surface area (Å²) in [5.74, 6) is 0.146. The fourth-order valence-electron chi connectivity index (χ4n) is 1.93. The fraction of sp³-hybridized carbons (Fsp3) is 0.385. The van der Waals surface area contributed by atoms with E-state index < -0.39 is 0 Å². The predicted molar refractivity (Wildman–Crippen MR) is 66.5 cm³/mol.